The summed E-state index contributed by atoms with van der Waals surface area (Å²) in [7, 11) is 0. The Morgan fingerprint density at radius 1 is 1.10 bits per heavy atom. The number of ether oxygens (including phenoxy) is 3. The van der Waals surface area contributed by atoms with Crippen LogP contribution in [0.5, 0.6) is 0 Å². The number of hydrogen-bond donors (Lipinski definition) is 2. The molecule has 40 heavy (non-hydrogen) atoms. The first-order valence-electron chi connectivity index (χ1n) is 14.7. The molecule has 8 nitrogen and oxygen atoms in total. The first-order valence-corrected chi connectivity index (χ1v) is 14.7. The van der Waals surface area contributed by atoms with E-state index in [4.69, 9.17) is 14.2 Å². The van der Waals surface area contributed by atoms with Gasteiger partial charge in [0.15, 0.2) is 0 Å². The van der Waals surface area contributed by atoms with Crippen molar-refractivity contribution in [1.29, 1.82) is 0 Å². The van der Waals surface area contributed by atoms with Crippen molar-refractivity contribution in [3.05, 3.63) is 36.0 Å². The monoisotopic (exact) mass is 552 g/mol. The van der Waals surface area contributed by atoms with Crippen LogP contribution < -0.4 is 0 Å². The fourth-order valence-electron chi connectivity index (χ4n) is 10.9. The lowest BCUT2D eigenvalue weighted by Crippen LogP contribution is -2.51. The SMILES string of the molecule is C=C1C(=O)O[C@H]2C1CC[C@@](C)(O)C13C=CC(C)(C21)C1(C3)C(=O)O[C@@H]2C3C(C)=CCC3[C@](C)(O)[C@H](OC(C)=O)CC21. The predicted molar refractivity (Wildman–Crippen MR) is 142 cm³/mol. The summed E-state index contributed by atoms with van der Waals surface area (Å²) in [5, 5.41) is 24.1. The Kier molecular flexibility index (Phi) is 5.08. The number of esters is 3. The van der Waals surface area contributed by atoms with E-state index in [1.807, 2.05) is 13.8 Å². The van der Waals surface area contributed by atoms with E-state index < -0.39 is 57.7 Å². The Morgan fingerprint density at radius 2 is 1.82 bits per heavy atom. The van der Waals surface area contributed by atoms with Gasteiger partial charge in [-0.05, 0) is 52.9 Å². The molecular weight excluding hydrogens is 512 g/mol. The minimum Gasteiger partial charge on any atom is -0.461 e. The average molecular weight is 553 g/mol. The van der Waals surface area contributed by atoms with Crippen LogP contribution in [0.4, 0.5) is 0 Å². The highest BCUT2D eigenvalue weighted by Gasteiger charge is 2.84. The van der Waals surface area contributed by atoms with Gasteiger partial charge < -0.3 is 24.4 Å². The zero-order valence-corrected chi connectivity index (χ0v) is 23.9. The van der Waals surface area contributed by atoms with E-state index in [0.717, 1.165) is 5.57 Å². The summed E-state index contributed by atoms with van der Waals surface area (Å²) in [6, 6.07) is 0. The summed E-state index contributed by atoms with van der Waals surface area (Å²) in [5.74, 6) is -2.66. The van der Waals surface area contributed by atoms with Crippen LogP contribution in [0, 0.1) is 45.8 Å². The lowest BCUT2D eigenvalue weighted by molar-refractivity contribution is -0.173. The molecule has 2 heterocycles. The molecule has 8 heteroatoms. The van der Waals surface area contributed by atoms with E-state index in [9.17, 15) is 24.6 Å². The van der Waals surface area contributed by atoms with E-state index in [0.29, 0.717) is 31.3 Å². The Morgan fingerprint density at radius 3 is 2.52 bits per heavy atom. The fraction of sp³-hybridized carbons (Fsp3) is 0.719. The van der Waals surface area contributed by atoms with Crippen molar-refractivity contribution in [1.82, 2.24) is 0 Å². The number of hydrogen-bond acceptors (Lipinski definition) is 8. The molecule has 3 saturated carbocycles. The zero-order valence-electron chi connectivity index (χ0n) is 23.9. The molecule has 13 atom stereocenters. The molecule has 0 amide bonds. The lowest BCUT2D eigenvalue weighted by atomic mass is 9.55. The Hall–Kier alpha value is -2.45. The van der Waals surface area contributed by atoms with Crippen molar-refractivity contribution in [2.24, 2.45) is 45.8 Å². The third kappa shape index (κ3) is 2.78. The molecule has 5 aliphatic carbocycles. The zero-order chi connectivity index (χ0) is 28.8. The largest absolute Gasteiger partial charge is 0.461 e. The highest BCUT2D eigenvalue weighted by atomic mass is 16.6. The van der Waals surface area contributed by atoms with Crippen molar-refractivity contribution in [3.63, 3.8) is 0 Å². The van der Waals surface area contributed by atoms with Crippen LogP contribution in [0.15, 0.2) is 36.0 Å². The van der Waals surface area contributed by atoms with Gasteiger partial charge in [0, 0.05) is 52.9 Å². The minimum atomic E-state index is -1.32. The van der Waals surface area contributed by atoms with Crippen molar-refractivity contribution in [3.8, 4) is 0 Å². The summed E-state index contributed by atoms with van der Waals surface area (Å²) in [5.41, 5.74) is -3.69. The van der Waals surface area contributed by atoms with Gasteiger partial charge in [-0.25, -0.2) is 4.79 Å². The molecule has 7 aliphatic rings. The second-order valence-electron chi connectivity index (χ2n) is 14.4. The molecule has 2 saturated heterocycles. The van der Waals surface area contributed by atoms with Gasteiger partial charge >= 0.3 is 17.9 Å². The van der Waals surface area contributed by atoms with E-state index in [1.54, 1.807) is 6.92 Å². The summed E-state index contributed by atoms with van der Waals surface area (Å²) in [6.45, 7) is 13.0. The quantitative estimate of drug-likeness (QED) is 0.220. The van der Waals surface area contributed by atoms with Gasteiger partial charge in [-0.3, -0.25) is 9.59 Å². The number of fused-ring (bicyclic) bond motifs is 6. The van der Waals surface area contributed by atoms with Crippen molar-refractivity contribution < 1.29 is 38.8 Å². The van der Waals surface area contributed by atoms with E-state index >= 15 is 0 Å². The fourth-order valence-corrected chi connectivity index (χ4v) is 10.9. The standard InChI is InChI=1S/C32H40O8/c1-15-7-8-19-22(15)24-20(13-21(30(19,6)37)38-17(3)33)32(27(35)40-24)14-31-12-11-28(32,4)25(31)23-18(9-10-29(31,5)36)16(2)26(34)39-23/h7,11-12,18-25,36-37H,2,8-10,13-14H2,1,3-6H3/t18?,19?,20?,21-,22?,23+,24+,25?,28?,29-,30+,31?,32?/m1/s1. The molecule has 1 spiro atoms. The van der Waals surface area contributed by atoms with Crippen LogP contribution >= 0.6 is 0 Å². The van der Waals surface area contributed by atoms with Crippen LogP contribution in [0.1, 0.15) is 66.7 Å². The van der Waals surface area contributed by atoms with Crippen molar-refractivity contribution >= 4 is 17.9 Å². The van der Waals surface area contributed by atoms with Crippen LogP contribution in [-0.2, 0) is 28.6 Å². The normalized spacial score (nSPS) is 55.6. The third-order valence-corrected chi connectivity index (χ3v) is 12.9. The number of carbonyl (C=O) groups excluding carboxylic acids is 3. The van der Waals surface area contributed by atoms with Gasteiger partial charge in [-0.1, -0.05) is 37.3 Å². The maximum absolute atomic E-state index is 14.5. The molecule has 0 aromatic heterocycles. The summed E-state index contributed by atoms with van der Waals surface area (Å²) < 4.78 is 18.3. The number of aliphatic hydroxyl groups is 2. The van der Waals surface area contributed by atoms with Crippen LogP contribution in [0.3, 0.4) is 0 Å². The highest BCUT2D eigenvalue weighted by Crippen LogP contribution is 2.80. The molecule has 2 bridgehead atoms. The molecular formula is C32H40O8. The lowest BCUT2D eigenvalue weighted by Gasteiger charge is -2.45. The number of rotatable bonds is 1. The smallest absolute Gasteiger partial charge is 0.334 e. The van der Waals surface area contributed by atoms with Gasteiger partial charge in [0.25, 0.3) is 0 Å². The summed E-state index contributed by atoms with van der Waals surface area (Å²) in [6.07, 6.45) is 6.62. The van der Waals surface area contributed by atoms with Crippen LogP contribution in [0.25, 0.3) is 0 Å². The van der Waals surface area contributed by atoms with Gasteiger partial charge in [0.2, 0.25) is 0 Å². The Bertz CT molecular complexity index is 1310. The van der Waals surface area contributed by atoms with Gasteiger partial charge in [0.05, 0.1) is 11.0 Å². The molecule has 2 aliphatic heterocycles. The molecule has 5 fully saturated rings. The van der Waals surface area contributed by atoms with Gasteiger partial charge in [-0.15, -0.1) is 0 Å². The van der Waals surface area contributed by atoms with Gasteiger partial charge in [0.1, 0.15) is 23.9 Å². The van der Waals surface area contributed by atoms with E-state index in [-0.39, 0.29) is 42.0 Å². The molecule has 0 aromatic rings. The first-order chi connectivity index (χ1) is 18.6. The molecule has 7 rings (SSSR count). The van der Waals surface area contributed by atoms with Crippen molar-refractivity contribution in [2.75, 3.05) is 0 Å². The Balaban J connectivity index is 1.42. The molecule has 216 valence electrons. The van der Waals surface area contributed by atoms with E-state index in [2.05, 4.69) is 31.7 Å². The molecule has 0 aromatic carbocycles. The second-order valence-corrected chi connectivity index (χ2v) is 14.4. The molecule has 0 radical (unpaired) electrons. The second kappa shape index (κ2) is 7.68. The third-order valence-electron chi connectivity index (χ3n) is 12.9. The molecule has 8 unspecified atom stereocenters. The van der Waals surface area contributed by atoms with Crippen LogP contribution in [0.2, 0.25) is 0 Å². The van der Waals surface area contributed by atoms with Gasteiger partial charge in [-0.2, -0.15) is 0 Å². The summed E-state index contributed by atoms with van der Waals surface area (Å²) >= 11 is 0. The average Bonchev–Trinajstić information content (AvgIpc) is 3.57. The maximum Gasteiger partial charge on any atom is 0.334 e. The molecule has 2 N–H and O–H groups in total. The maximum atomic E-state index is 14.5. The number of allylic oxidation sites excluding steroid dienone is 2. The highest BCUT2D eigenvalue weighted by molar-refractivity contribution is 5.91. The van der Waals surface area contributed by atoms with E-state index in [1.165, 1.54) is 6.92 Å². The first kappa shape index (κ1) is 26.4. The minimum absolute atomic E-state index is 0.213. The predicted octanol–water partition coefficient (Wildman–Crippen LogP) is 3.41. The Labute approximate surface area is 234 Å². The van der Waals surface area contributed by atoms with Crippen molar-refractivity contribution in [2.45, 2.75) is 96.2 Å². The number of carbonyl (C=O) groups is 3. The van der Waals surface area contributed by atoms with Crippen LogP contribution in [-0.4, -0.2) is 57.6 Å². The topological polar surface area (TPSA) is 119 Å². The summed E-state index contributed by atoms with van der Waals surface area (Å²) in [4.78, 5) is 39.5.